The second-order valence-corrected chi connectivity index (χ2v) is 5.01. The number of unbranched alkanes of at least 4 members (excludes halogenated alkanes) is 3. The Hall–Kier alpha value is 0.0700. The van der Waals surface area contributed by atoms with E-state index in [1.165, 1.54) is 12.8 Å². The molecular weight excluding hydrogens is 234 g/mol. The summed E-state index contributed by atoms with van der Waals surface area (Å²) in [5.74, 6) is -0.974. The van der Waals surface area contributed by atoms with Crippen LogP contribution >= 0.6 is 25.0 Å². The number of carboxylic acid groups (broad SMARTS) is 1. The molecule has 0 heterocycles. The van der Waals surface area contributed by atoms with E-state index in [0.29, 0.717) is 0 Å². The van der Waals surface area contributed by atoms with Crippen LogP contribution in [0.15, 0.2) is 0 Å². The summed E-state index contributed by atoms with van der Waals surface area (Å²) in [6.07, 6.45) is 5.23. The Morgan fingerprint density at radius 2 is 2.00 bits per heavy atom. The van der Waals surface area contributed by atoms with Crippen molar-refractivity contribution in [2.75, 3.05) is 0 Å². The van der Waals surface area contributed by atoms with Crippen LogP contribution in [0.25, 0.3) is 0 Å². The number of rotatable bonds is 7. The molecule has 0 bridgehead atoms. The van der Waals surface area contributed by atoms with Gasteiger partial charge in [-0.1, -0.05) is 32.6 Å². The first-order valence-corrected chi connectivity index (χ1v) is 5.57. The molecule has 0 rings (SSSR count). The number of thiol groups is 1. The zero-order valence-electron chi connectivity index (χ0n) is 9.40. The molecule has 0 radical (unpaired) electrons. The quantitative estimate of drug-likeness (QED) is 0.484. The summed E-state index contributed by atoms with van der Waals surface area (Å²) >= 11 is 4.32. The number of halogens is 1. The Kier molecular flexibility index (Phi) is 9.60. The molecule has 3 nitrogen and oxygen atoms in total. The second kappa shape index (κ2) is 8.25. The average Bonchev–Trinajstić information content (AvgIpc) is 2.11. The van der Waals surface area contributed by atoms with E-state index in [-0.39, 0.29) is 12.4 Å². The summed E-state index contributed by atoms with van der Waals surface area (Å²) in [6.45, 7) is 3.93. The molecule has 0 aliphatic rings. The molecule has 92 valence electrons. The van der Waals surface area contributed by atoms with Gasteiger partial charge in [0.05, 0.1) is 0 Å². The predicted molar refractivity (Wildman–Crippen MR) is 69.0 cm³/mol. The molecule has 0 saturated carbocycles. The number of nitrogens with two attached hydrogens (primary N) is 1. The first kappa shape index (κ1) is 17.5. The Labute approximate surface area is 104 Å². The van der Waals surface area contributed by atoms with Gasteiger partial charge in [-0.15, -0.1) is 12.4 Å². The fourth-order valence-corrected chi connectivity index (χ4v) is 1.60. The van der Waals surface area contributed by atoms with Crippen LogP contribution < -0.4 is 5.73 Å². The third-order valence-corrected chi connectivity index (χ3v) is 2.97. The normalized spacial score (nSPS) is 16.3. The highest BCUT2D eigenvalue weighted by molar-refractivity contribution is 7.81. The monoisotopic (exact) mass is 255 g/mol. The summed E-state index contributed by atoms with van der Waals surface area (Å²) in [6, 6.07) is -0.882. The summed E-state index contributed by atoms with van der Waals surface area (Å²) in [4.78, 5) is 10.7. The van der Waals surface area contributed by atoms with E-state index in [1.54, 1.807) is 6.92 Å². The molecule has 2 unspecified atom stereocenters. The van der Waals surface area contributed by atoms with Gasteiger partial charge in [-0.25, -0.2) is 0 Å². The molecule has 0 aromatic rings. The summed E-state index contributed by atoms with van der Waals surface area (Å²) < 4.78 is -0.598. The van der Waals surface area contributed by atoms with E-state index in [0.717, 1.165) is 19.3 Å². The van der Waals surface area contributed by atoms with Gasteiger partial charge in [0.15, 0.2) is 0 Å². The highest BCUT2D eigenvalue weighted by Gasteiger charge is 2.32. The van der Waals surface area contributed by atoms with Gasteiger partial charge in [0, 0.05) is 4.75 Å². The SMILES string of the molecule is CCCCCCC(C)(S)C(N)C(=O)O.Cl. The molecule has 5 heteroatoms. The number of hydrogen-bond acceptors (Lipinski definition) is 3. The van der Waals surface area contributed by atoms with E-state index in [2.05, 4.69) is 19.6 Å². The van der Waals surface area contributed by atoms with Crippen molar-refractivity contribution in [3.63, 3.8) is 0 Å². The summed E-state index contributed by atoms with van der Waals surface area (Å²) in [5, 5.41) is 8.75. The van der Waals surface area contributed by atoms with Gasteiger partial charge in [-0.05, 0) is 13.3 Å². The molecule has 0 fully saturated rings. The van der Waals surface area contributed by atoms with Gasteiger partial charge in [0.25, 0.3) is 0 Å². The molecule has 0 aromatic carbocycles. The van der Waals surface area contributed by atoms with Crippen LogP contribution in [0.5, 0.6) is 0 Å². The smallest absolute Gasteiger partial charge is 0.321 e. The first-order chi connectivity index (χ1) is 6.41. The maximum absolute atomic E-state index is 10.7. The van der Waals surface area contributed by atoms with Crippen molar-refractivity contribution in [1.29, 1.82) is 0 Å². The van der Waals surface area contributed by atoms with E-state index in [9.17, 15) is 4.79 Å². The molecule has 0 saturated heterocycles. The maximum Gasteiger partial charge on any atom is 0.321 e. The third kappa shape index (κ3) is 7.03. The Balaban J connectivity index is 0. The molecule has 0 amide bonds. The predicted octanol–water partition coefficient (Wildman–Crippen LogP) is 2.48. The van der Waals surface area contributed by atoms with Crippen molar-refractivity contribution in [2.24, 2.45) is 5.73 Å². The molecule has 0 aromatic heterocycles. The van der Waals surface area contributed by atoms with E-state index >= 15 is 0 Å². The van der Waals surface area contributed by atoms with Crippen LogP contribution in [-0.4, -0.2) is 21.9 Å². The van der Waals surface area contributed by atoms with E-state index in [4.69, 9.17) is 10.8 Å². The van der Waals surface area contributed by atoms with Crippen molar-refractivity contribution < 1.29 is 9.90 Å². The molecule has 0 aliphatic heterocycles. The Bertz CT molecular complexity index is 188. The minimum Gasteiger partial charge on any atom is -0.480 e. The largest absolute Gasteiger partial charge is 0.480 e. The van der Waals surface area contributed by atoms with E-state index in [1.807, 2.05) is 0 Å². The van der Waals surface area contributed by atoms with Crippen molar-refractivity contribution >= 4 is 31.0 Å². The second-order valence-electron chi connectivity index (χ2n) is 3.98. The zero-order valence-corrected chi connectivity index (χ0v) is 11.1. The lowest BCUT2D eigenvalue weighted by molar-refractivity contribution is -0.139. The van der Waals surface area contributed by atoms with Crippen molar-refractivity contribution in [3.05, 3.63) is 0 Å². The van der Waals surface area contributed by atoms with Crippen molar-refractivity contribution in [1.82, 2.24) is 0 Å². The van der Waals surface area contributed by atoms with Crippen LogP contribution in [0.4, 0.5) is 0 Å². The first-order valence-electron chi connectivity index (χ1n) is 5.12. The number of aliphatic carboxylic acids is 1. The van der Waals surface area contributed by atoms with Crippen molar-refractivity contribution in [2.45, 2.75) is 56.7 Å². The minimum absolute atomic E-state index is 0. The highest BCUT2D eigenvalue weighted by Crippen LogP contribution is 2.25. The van der Waals surface area contributed by atoms with Gasteiger partial charge >= 0.3 is 5.97 Å². The number of hydrogen-bond donors (Lipinski definition) is 3. The fourth-order valence-electron chi connectivity index (χ4n) is 1.33. The lowest BCUT2D eigenvalue weighted by atomic mass is 9.94. The van der Waals surface area contributed by atoms with Gasteiger partial charge < -0.3 is 10.8 Å². The Morgan fingerprint density at radius 3 is 2.40 bits per heavy atom. The molecule has 0 spiro atoms. The van der Waals surface area contributed by atoms with Crippen LogP contribution in [0, 0.1) is 0 Å². The third-order valence-electron chi connectivity index (χ3n) is 2.47. The maximum atomic E-state index is 10.7. The van der Waals surface area contributed by atoms with E-state index < -0.39 is 16.8 Å². The van der Waals surface area contributed by atoms with Crippen LogP contribution in [0.1, 0.15) is 46.0 Å². The van der Waals surface area contributed by atoms with Gasteiger partial charge in [0.1, 0.15) is 6.04 Å². The summed E-state index contributed by atoms with van der Waals surface area (Å²) in [5.41, 5.74) is 5.53. The summed E-state index contributed by atoms with van der Waals surface area (Å²) in [7, 11) is 0. The van der Waals surface area contributed by atoms with Crippen LogP contribution in [0.2, 0.25) is 0 Å². The zero-order chi connectivity index (χ0) is 11.2. The van der Waals surface area contributed by atoms with Crippen LogP contribution in [0.3, 0.4) is 0 Å². The average molecular weight is 256 g/mol. The molecular formula is C10H22ClNO2S. The highest BCUT2D eigenvalue weighted by atomic mass is 35.5. The van der Waals surface area contributed by atoms with Crippen molar-refractivity contribution in [3.8, 4) is 0 Å². The van der Waals surface area contributed by atoms with Gasteiger partial charge in [-0.2, -0.15) is 12.6 Å². The molecule has 3 N–H and O–H groups in total. The number of carbonyl (C=O) groups is 1. The van der Waals surface area contributed by atoms with Gasteiger partial charge in [-0.3, -0.25) is 4.79 Å². The molecule has 2 atom stereocenters. The Morgan fingerprint density at radius 1 is 1.47 bits per heavy atom. The lowest BCUT2D eigenvalue weighted by Gasteiger charge is -2.27. The van der Waals surface area contributed by atoms with Crippen LogP contribution in [-0.2, 0) is 4.79 Å². The minimum atomic E-state index is -0.974. The van der Waals surface area contributed by atoms with Gasteiger partial charge in [0.2, 0.25) is 0 Å². The lowest BCUT2D eigenvalue weighted by Crippen LogP contribution is -2.47. The molecule has 15 heavy (non-hydrogen) atoms. The standard InChI is InChI=1S/C10H21NO2S.ClH/c1-3-4-5-6-7-10(2,14)8(11)9(12)13;/h8,14H,3-7,11H2,1-2H3,(H,12,13);1H. The number of carboxylic acids is 1. The molecule has 0 aliphatic carbocycles. The topological polar surface area (TPSA) is 63.3 Å². The fraction of sp³-hybridized carbons (Fsp3) is 0.900.